The Morgan fingerprint density at radius 1 is 1.39 bits per heavy atom. The molecule has 4 nitrogen and oxygen atoms in total. The van der Waals surface area contributed by atoms with Crippen LogP contribution in [0.4, 0.5) is 0 Å². The molecule has 2 rings (SSSR count). The van der Waals surface area contributed by atoms with Crippen LogP contribution in [-0.4, -0.2) is 20.9 Å². The maximum atomic E-state index is 10.8. The lowest BCUT2D eigenvalue weighted by Crippen LogP contribution is -2.00. The average molecular weight is 285 g/mol. The molecule has 0 saturated heterocycles. The van der Waals surface area contributed by atoms with E-state index in [1.54, 1.807) is 36.1 Å². The van der Waals surface area contributed by atoms with E-state index in [1.165, 1.54) is 0 Å². The molecule has 0 aliphatic heterocycles. The summed E-state index contributed by atoms with van der Waals surface area (Å²) in [7, 11) is 1.74. The number of benzene rings is 1. The Kier molecular flexibility index (Phi) is 3.59. The molecule has 18 heavy (non-hydrogen) atoms. The molecule has 0 unspecified atom stereocenters. The number of hydrogen-bond donors (Lipinski definition) is 1. The van der Waals surface area contributed by atoms with Gasteiger partial charge in [0, 0.05) is 24.4 Å². The van der Waals surface area contributed by atoms with Gasteiger partial charge in [-0.15, -0.1) is 0 Å². The molecule has 1 aromatic carbocycles. The number of carboxylic acid groups (broad SMARTS) is 1. The first-order valence-electron chi connectivity index (χ1n) is 5.17. The second kappa shape index (κ2) is 5.00. The summed E-state index contributed by atoms with van der Waals surface area (Å²) in [6.07, 6.45) is 1.61. The zero-order valence-corrected chi connectivity index (χ0v) is 11.0. The Morgan fingerprint density at radius 2 is 2.11 bits per heavy atom. The van der Waals surface area contributed by atoms with Crippen molar-refractivity contribution >= 4 is 29.2 Å². The van der Waals surface area contributed by atoms with Gasteiger partial charge in [0.15, 0.2) is 0 Å². The normalized spacial score (nSPS) is 10.6. The lowest BCUT2D eigenvalue weighted by Gasteiger charge is -2.02. The minimum absolute atomic E-state index is 0.0799. The number of carboxylic acids is 1. The Morgan fingerprint density at radius 3 is 2.72 bits per heavy atom. The first-order chi connectivity index (χ1) is 8.47. The molecule has 0 radical (unpaired) electrons. The predicted molar refractivity (Wildman–Crippen MR) is 70.0 cm³/mol. The van der Waals surface area contributed by atoms with Crippen molar-refractivity contribution in [3.8, 4) is 11.3 Å². The molecule has 94 valence electrons. The van der Waals surface area contributed by atoms with Crippen LogP contribution in [0.15, 0.2) is 24.4 Å². The van der Waals surface area contributed by atoms with Crippen LogP contribution in [-0.2, 0) is 18.3 Å². The fraction of sp³-hybridized carbons (Fsp3) is 0.167. The van der Waals surface area contributed by atoms with Crippen LogP contribution >= 0.6 is 23.2 Å². The van der Waals surface area contributed by atoms with Crippen molar-refractivity contribution in [2.24, 2.45) is 7.05 Å². The number of carbonyl (C=O) groups is 1. The molecular formula is C12H10Cl2N2O2. The summed E-state index contributed by atoms with van der Waals surface area (Å²) in [5, 5.41) is 14.0. The number of aromatic nitrogens is 2. The van der Waals surface area contributed by atoms with E-state index in [9.17, 15) is 4.79 Å². The third kappa shape index (κ3) is 2.66. The van der Waals surface area contributed by atoms with Crippen molar-refractivity contribution < 1.29 is 9.90 Å². The van der Waals surface area contributed by atoms with E-state index < -0.39 is 5.97 Å². The van der Waals surface area contributed by atoms with E-state index in [0.717, 1.165) is 5.56 Å². The highest BCUT2D eigenvalue weighted by molar-refractivity contribution is 6.42. The van der Waals surface area contributed by atoms with E-state index in [1.807, 2.05) is 0 Å². The molecule has 0 spiro atoms. The predicted octanol–water partition coefficient (Wildman–Crippen LogP) is 3.02. The van der Waals surface area contributed by atoms with Crippen molar-refractivity contribution in [3.05, 3.63) is 40.0 Å². The van der Waals surface area contributed by atoms with Gasteiger partial charge < -0.3 is 5.11 Å². The molecule has 6 heteroatoms. The molecule has 1 N–H and O–H groups in total. The van der Waals surface area contributed by atoms with Gasteiger partial charge in [-0.3, -0.25) is 9.48 Å². The van der Waals surface area contributed by atoms with Gasteiger partial charge in [-0.25, -0.2) is 0 Å². The summed E-state index contributed by atoms with van der Waals surface area (Å²) < 4.78 is 1.58. The number of nitrogens with zero attached hydrogens (tertiary/aromatic N) is 2. The SMILES string of the molecule is Cn1cc(CC(=O)O)c(-c2ccc(Cl)c(Cl)c2)n1. The largest absolute Gasteiger partial charge is 0.481 e. The van der Waals surface area contributed by atoms with E-state index in [4.69, 9.17) is 28.3 Å². The fourth-order valence-electron chi connectivity index (χ4n) is 1.72. The molecule has 0 amide bonds. The number of halogens is 2. The summed E-state index contributed by atoms with van der Waals surface area (Å²) in [6.45, 7) is 0. The lowest BCUT2D eigenvalue weighted by atomic mass is 10.1. The molecule has 0 aliphatic carbocycles. The monoisotopic (exact) mass is 284 g/mol. The topological polar surface area (TPSA) is 55.1 Å². The Labute approximate surface area is 114 Å². The summed E-state index contributed by atoms with van der Waals surface area (Å²) in [6, 6.07) is 5.11. The average Bonchev–Trinajstić information content (AvgIpc) is 2.62. The van der Waals surface area contributed by atoms with Gasteiger partial charge in [-0.1, -0.05) is 29.3 Å². The van der Waals surface area contributed by atoms with Crippen LogP contribution < -0.4 is 0 Å². The number of hydrogen-bond acceptors (Lipinski definition) is 2. The lowest BCUT2D eigenvalue weighted by molar-refractivity contribution is -0.136. The molecule has 2 aromatic rings. The van der Waals surface area contributed by atoms with Crippen LogP contribution in [0.3, 0.4) is 0 Å². The van der Waals surface area contributed by atoms with Crippen molar-refractivity contribution in [2.45, 2.75) is 6.42 Å². The van der Waals surface area contributed by atoms with Crippen LogP contribution in [0.2, 0.25) is 10.0 Å². The van der Waals surface area contributed by atoms with Gasteiger partial charge in [0.1, 0.15) is 0 Å². The quantitative estimate of drug-likeness (QED) is 0.943. The maximum Gasteiger partial charge on any atom is 0.307 e. The van der Waals surface area contributed by atoms with Crippen molar-refractivity contribution in [3.63, 3.8) is 0 Å². The highest BCUT2D eigenvalue weighted by Gasteiger charge is 2.14. The van der Waals surface area contributed by atoms with E-state index in [2.05, 4.69) is 5.10 Å². The molecule has 0 aliphatic rings. The van der Waals surface area contributed by atoms with Gasteiger partial charge in [0.25, 0.3) is 0 Å². The third-order valence-corrected chi connectivity index (χ3v) is 3.18. The smallest absolute Gasteiger partial charge is 0.307 e. The first kappa shape index (κ1) is 12.9. The zero-order valence-electron chi connectivity index (χ0n) is 9.52. The van der Waals surface area contributed by atoms with E-state index in [0.29, 0.717) is 21.3 Å². The molecule has 0 bridgehead atoms. The number of rotatable bonds is 3. The van der Waals surface area contributed by atoms with E-state index >= 15 is 0 Å². The Hall–Kier alpha value is -1.52. The van der Waals surface area contributed by atoms with Crippen molar-refractivity contribution in [1.82, 2.24) is 9.78 Å². The summed E-state index contributed by atoms with van der Waals surface area (Å²) in [5.41, 5.74) is 2.00. The Bertz CT molecular complexity index is 608. The van der Waals surface area contributed by atoms with Gasteiger partial charge in [-0.05, 0) is 12.1 Å². The summed E-state index contributed by atoms with van der Waals surface area (Å²) in [5.74, 6) is -0.899. The number of aliphatic carboxylic acids is 1. The van der Waals surface area contributed by atoms with Crippen molar-refractivity contribution in [2.75, 3.05) is 0 Å². The summed E-state index contributed by atoms with van der Waals surface area (Å²) >= 11 is 11.8. The van der Waals surface area contributed by atoms with Crippen LogP contribution in [0, 0.1) is 0 Å². The molecule has 1 aromatic heterocycles. The number of aryl methyl sites for hydroxylation is 1. The second-order valence-corrected chi connectivity index (χ2v) is 4.69. The van der Waals surface area contributed by atoms with Crippen LogP contribution in [0.25, 0.3) is 11.3 Å². The standard InChI is InChI=1S/C12H10Cl2N2O2/c1-16-6-8(5-11(17)18)12(15-16)7-2-3-9(13)10(14)4-7/h2-4,6H,5H2,1H3,(H,17,18). The minimum atomic E-state index is -0.899. The maximum absolute atomic E-state index is 10.8. The third-order valence-electron chi connectivity index (χ3n) is 2.44. The van der Waals surface area contributed by atoms with Crippen LogP contribution in [0.5, 0.6) is 0 Å². The molecule has 0 atom stereocenters. The minimum Gasteiger partial charge on any atom is -0.481 e. The van der Waals surface area contributed by atoms with Gasteiger partial charge in [0.2, 0.25) is 0 Å². The highest BCUT2D eigenvalue weighted by Crippen LogP contribution is 2.29. The van der Waals surface area contributed by atoms with Crippen molar-refractivity contribution in [1.29, 1.82) is 0 Å². The van der Waals surface area contributed by atoms with Gasteiger partial charge in [0.05, 0.1) is 22.2 Å². The van der Waals surface area contributed by atoms with Gasteiger partial charge in [-0.2, -0.15) is 5.10 Å². The second-order valence-electron chi connectivity index (χ2n) is 3.88. The Balaban J connectivity index is 2.49. The van der Waals surface area contributed by atoms with Crippen LogP contribution in [0.1, 0.15) is 5.56 Å². The fourth-order valence-corrected chi connectivity index (χ4v) is 2.01. The molecular weight excluding hydrogens is 275 g/mol. The highest BCUT2D eigenvalue weighted by atomic mass is 35.5. The first-order valence-corrected chi connectivity index (χ1v) is 5.92. The molecule has 0 fully saturated rings. The van der Waals surface area contributed by atoms with E-state index in [-0.39, 0.29) is 6.42 Å². The zero-order chi connectivity index (χ0) is 13.3. The molecule has 0 saturated carbocycles. The molecule has 1 heterocycles. The van der Waals surface area contributed by atoms with Gasteiger partial charge >= 0.3 is 5.97 Å². The summed E-state index contributed by atoms with van der Waals surface area (Å²) in [4.78, 5) is 10.8.